The summed E-state index contributed by atoms with van der Waals surface area (Å²) in [5.41, 5.74) is 3.57. The number of nitrogens with zero attached hydrogens (tertiary/aromatic N) is 3. The summed E-state index contributed by atoms with van der Waals surface area (Å²) in [6.07, 6.45) is 4.49. The summed E-state index contributed by atoms with van der Waals surface area (Å²) in [6, 6.07) is 0. The molecule has 3 rings (SSSR count). The van der Waals surface area contributed by atoms with Crippen LogP contribution in [-0.4, -0.2) is 26.5 Å². The van der Waals surface area contributed by atoms with E-state index < -0.39 is 0 Å². The van der Waals surface area contributed by atoms with E-state index in [9.17, 15) is 0 Å². The summed E-state index contributed by atoms with van der Waals surface area (Å²) in [6.45, 7) is 6.20. The minimum absolute atomic E-state index is 0.398. The number of aromatic nitrogens is 4. The fourth-order valence-corrected chi connectivity index (χ4v) is 2.34. The van der Waals surface area contributed by atoms with E-state index in [1.807, 2.05) is 0 Å². The lowest BCUT2D eigenvalue weighted by atomic mass is 9.98. The molecule has 3 heterocycles. The predicted molar refractivity (Wildman–Crippen MR) is 69.1 cm³/mol. The van der Waals surface area contributed by atoms with Crippen molar-refractivity contribution in [2.75, 3.05) is 6.54 Å². The first-order valence-electron chi connectivity index (χ1n) is 6.36. The number of rotatable bonds is 2. The number of imidazole rings is 1. The third-order valence-corrected chi connectivity index (χ3v) is 3.22. The van der Waals surface area contributed by atoms with Crippen molar-refractivity contribution in [3.63, 3.8) is 0 Å². The average Bonchev–Trinajstić information content (AvgIpc) is 2.91. The van der Waals surface area contributed by atoms with E-state index in [0.717, 1.165) is 31.0 Å². The number of H-pyrrole nitrogens is 1. The van der Waals surface area contributed by atoms with E-state index in [1.165, 1.54) is 11.3 Å². The van der Waals surface area contributed by atoms with E-state index in [2.05, 4.69) is 39.1 Å². The molecule has 0 saturated heterocycles. The molecule has 1 aliphatic rings. The Morgan fingerprint density at radius 1 is 1.28 bits per heavy atom. The van der Waals surface area contributed by atoms with Crippen LogP contribution in [0.3, 0.4) is 0 Å². The van der Waals surface area contributed by atoms with Gasteiger partial charge < -0.3 is 10.3 Å². The number of hydrogen-bond acceptors (Lipinski definition) is 4. The normalized spacial score (nSPS) is 14.8. The molecule has 0 fully saturated rings. The topological polar surface area (TPSA) is 66.5 Å². The fraction of sp³-hybridized carbons (Fsp3) is 0.462. The van der Waals surface area contributed by atoms with Gasteiger partial charge in [-0.1, -0.05) is 13.8 Å². The highest BCUT2D eigenvalue weighted by Crippen LogP contribution is 2.24. The van der Waals surface area contributed by atoms with Crippen LogP contribution in [0.4, 0.5) is 0 Å². The summed E-state index contributed by atoms with van der Waals surface area (Å²) >= 11 is 0. The lowest BCUT2D eigenvalue weighted by Crippen LogP contribution is -2.27. The van der Waals surface area contributed by atoms with Crippen LogP contribution in [0.2, 0.25) is 0 Å². The van der Waals surface area contributed by atoms with Crippen molar-refractivity contribution >= 4 is 0 Å². The molecule has 18 heavy (non-hydrogen) atoms. The maximum Gasteiger partial charge on any atom is 0.196 e. The van der Waals surface area contributed by atoms with Gasteiger partial charge in [0.05, 0.1) is 11.4 Å². The van der Waals surface area contributed by atoms with Gasteiger partial charge in [-0.15, -0.1) is 0 Å². The molecule has 0 bridgehead atoms. The standard InChI is InChI=1S/C13H17N5/c1-8(2)11-9-7-14-4-3-10(9)17-13(18-11)12-15-5-6-16-12/h5-6,8,14H,3-4,7H2,1-2H3,(H,15,16). The molecule has 2 N–H and O–H groups in total. The van der Waals surface area contributed by atoms with Gasteiger partial charge in [0.15, 0.2) is 11.6 Å². The molecule has 0 atom stereocenters. The first kappa shape index (κ1) is 11.3. The Bertz CT molecular complexity index is 545. The summed E-state index contributed by atoms with van der Waals surface area (Å²) in [4.78, 5) is 16.7. The smallest absolute Gasteiger partial charge is 0.196 e. The van der Waals surface area contributed by atoms with Crippen molar-refractivity contribution in [2.24, 2.45) is 0 Å². The Morgan fingerprint density at radius 3 is 2.89 bits per heavy atom. The summed E-state index contributed by atoms with van der Waals surface area (Å²) in [7, 11) is 0. The maximum absolute atomic E-state index is 4.68. The Labute approximate surface area is 106 Å². The second kappa shape index (κ2) is 4.49. The molecule has 94 valence electrons. The molecule has 0 unspecified atom stereocenters. The molecular formula is C13H17N5. The quantitative estimate of drug-likeness (QED) is 0.841. The Kier molecular flexibility index (Phi) is 2.83. The monoisotopic (exact) mass is 243 g/mol. The second-order valence-electron chi connectivity index (χ2n) is 4.88. The van der Waals surface area contributed by atoms with E-state index in [4.69, 9.17) is 0 Å². The van der Waals surface area contributed by atoms with Crippen LogP contribution in [0.5, 0.6) is 0 Å². The van der Waals surface area contributed by atoms with E-state index in [1.54, 1.807) is 12.4 Å². The highest BCUT2D eigenvalue weighted by molar-refractivity contribution is 5.46. The first-order chi connectivity index (χ1) is 8.75. The van der Waals surface area contributed by atoms with Crippen LogP contribution in [0.25, 0.3) is 11.6 Å². The van der Waals surface area contributed by atoms with Crippen LogP contribution in [-0.2, 0) is 13.0 Å². The maximum atomic E-state index is 4.68. The lowest BCUT2D eigenvalue weighted by Gasteiger charge is -2.21. The Balaban J connectivity index is 2.15. The minimum atomic E-state index is 0.398. The van der Waals surface area contributed by atoms with E-state index in [0.29, 0.717) is 11.7 Å². The molecule has 5 heteroatoms. The van der Waals surface area contributed by atoms with Crippen LogP contribution >= 0.6 is 0 Å². The molecule has 2 aromatic heterocycles. The van der Waals surface area contributed by atoms with E-state index >= 15 is 0 Å². The van der Waals surface area contributed by atoms with Gasteiger partial charge in [-0.2, -0.15) is 0 Å². The minimum Gasteiger partial charge on any atom is -0.342 e. The number of fused-ring (bicyclic) bond motifs is 1. The van der Waals surface area contributed by atoms with Gasteiger partial charge >= 0.3 is 0 Å². The largest absolute Gasteiger partial charge is 0.342 e. The summed E-state index contributed by atoms with van der Waals surface area (Å²) in [5.74, 6) is 1.86. The zero-order chi connectivity index (χ0) is 12.5. The third-order valence-electron chi connectivity index (χ3n) is 3.22. The van der Waals surface area contributed by atoms with Gasteiger partial charge in [0.25, 0.3) is 0 Å². The van der Waals surface area contributed by atoms with Crippen molar-refractivity contribution in [3.8, 4) is 11.6 Å². The Morgan fingerprint density at radius 2 is 2.17 bits per heavy atom. The SMILES string of the molecule is CC(C)c1nc(-c2ncc[nH]2)nc2c1CNCC2. The van der Waals surface area contributed by atoms with Crippen LogP contribution in [0, 0.1) is 0 Å². The first-order valence-corrected chi connectivity index (χ1v) is 6.36. The predicted octanol–water partition coefficient (Wildman–Crippen LogP) is 1.64. The van der Waals surface area contributed by atoms with Crippen molar-refractivity contribution in [2.45, 2.75) is 32.7 Å². The summed E-state index contributed by atoms with van der Waals surface area (Å²) in [5, 5.41) is 3.39. The van der Waals surface area contributed by atoms with Gasteiger partial charge in [-0.25, -0.2) is 15.0 Å². The molecule has 0 spiro atoms. The highest BCUT2D eigenvalue weighted by atomic mass is 15.0. The molecule has 0 aliphatic carbocycles. The zero-order valence-corrected chi connectivity index (χ0v) is 10.7. The molecule has 0 saturated carbocycles. The average molecular weight is 243 g/mol. The summed E-state index contributed by atoms with van der Waals surface area (Å²) < 4.78 is 0. The van der Waals surface area contributed by atoms with Crippen molar-refractivity contribution < 1.29 is 0 Å². The molecule has 0 amide bonds. The lowest BCUT2D eigenvalue weighted by molar-refractivity contribution is 0.609. The Hall–Kier alpha value is -1.75. The number of nitrogens with one attached hydrogen (secondary N) is 2. The van der Waals surface area contributed by atoms with E-state index in [-0.39, 0.29) is 0 Å². The fourth-order valence-electron chi connectivity index (χ4n) is 2.34. The highest BCUT2D eigenvalue weighted by Gasteiger charge is 2.20. The van der Waals surface area contributed by atoms with Crippen molar-refractivity contribution in [1.29, 1.82) is 0 Å². The van der Waals surface area contributed by atoms with Gasteiger partial charge in [0.1, 0.15) is 0 Å². The van der Waals surface area contributed by atoms with Gasteiger partial charge in [-0.3, -0.25) is 0 Å². The second-order valence-corrected chi connectivity index (χ2v) is 4.88. The van der Waals surface area contributed by atoms with Gasteiger partial charge in [0, 0.05) is 37.5 Å². The third kappa shape index (κ3) is 1.90. The molecule has 0 aromatic carbocycles. The van der Waals surface area contributed by atoms with Crippen molar-refractivity contribution in [3.05, 3.63) is 29.3 Å². The van der Waals surface area contributed by atoms with Crippen LogP contribution < -0.4 is 5.32 Å². The zero-order valence-electron chi connectivity index (χ0n) is 10.7. The molecule has 2 aromatic rings. The molecular weight excluding hydrogens is 226 g/mol. The molecule has 1 aliphatic heterocycles. The van der Waals surface area contributed by atoms with Crippen LogP contribution in [0.1, 0.15) is 36.7 Å². The van der Waals surface area contributed by atoms with Crippen molar-refractivity contribution in [1.82, 2.24) is 25.3 Å². The van der Waals surface area contributed by atoms with Crippen LogP contribution in [0.15, 0.2) is 12.4 Å². The number of aromatic amines is 1. The number of hydrogen-bond donors (Lipinski definition) is 2. The molecule has 5 nitrogen and oxygen atoms in total. The van der Waals surface area contributed by atoms with Gasteiger partial charge in [0.2, 0.25) is 0 Å². The van der Waals surface area contributed by atoms with Gasteiger partial charge in [-0.05, 0) is 5.92 Å². The molecule has 0 radical (unpaired) electrons.